The zero-order valence-electron chi connectivity index (χ0n) is 41.0. The molecule has 1 aromatic rings. The van der Waals surface area contributed by atoms with Gasteiger partial charge in [0.15, 0.2) is 36.2 Å². The third-order valence-electron chi connectivity index (χ3n) is 13.4. The van der Waals surface area contributed by atoms with Crippen molar-refractivity contribution in [1.82, 2.24) is 4.90 Å². The average molecular weight is 905 g/mol. The lowest BCUT2D eigenvalue weighted by Crippen LogP contribution is -2.61. The number of nitrogens with zero attached hydrogens (tertiary/aromatic N) is 1. The Labute approximate surface area is 380 Å². The van der Waals surface area contributed by atoms with Gasteiger partial charge in [-0.15, -0.1) is 0 Å². The molecule has 64 heavy (non-hydrogen) atoms. The molecule has 3 aliphatic rings. The highest BCUT2D eigenvalue weighted by Gasteiger charge is 2.54. The maximum Gasteiger partial charge on any atom is 0.311 e. The molecule has 2 fully saturated rings. The van der Waals surface area contributed by atoms with Gasteiger partial charge in [-0.3, -0.25) is 19.2 Å². The summed E-state index contributed by atoms with van der Waals surface area (Å²) in [4.78, 5) is 56.3. The molecule has 16 heteroatoms. The number of cyclic esters (lactones) is 1. The van der Waals surface area contributed by atoms with Crippen LogP contribution < -0.4 is 10.5 Å². The minimum atomic E-state index is -1.36. The number of para-hydroxylation sites is 2. The van der Waals surface area contributed by atoms with Gasteiger partial charge in [-0.25, -0.2) is 0 Å². The molecule has 0 aliphatic carbocycles. The molecule has 0 radical (unpaired) electrons. The molecule has 0 saturated carbocycles. The van der Waals surface area contributed by atoms with Crippen LogP contribution in [0.2, 0.25) is 0 Å². The second kappa shape index (κ2) is 21.8. The molecule has 2 unspecified atom stereocenters. The van der Waals surface area contributed by atoms with Crippen molar-refractivity contribution >= 4 is 29.4 Å². The van der Waals surface area contributed by atoms with Gasteiger partial charge in [0, 0.05) is 46.3 Å². The van der Waals surface area contributed by atoms with E-state index < -0.39 is 102 Å². The number of methoxy groups -OCH3 is 2. The van der Waals surface area contributed by atoms with Crippen LogP contribution in [0.25, 0.3) is 0 Å². The number of hydrogen-bond donors (Lipinski definition) is 1. The van der Waals surface area contributed by atoms with E-state index in [2.05, 4.69) is 0 Å². The molecule has 2 N–H and O–H groups in total. The number of ketones is 1. The van der Waals surface area contributed by atoms with Crippen LogP contribution in [0, 0.1) is 17.8 Å². The topological polar surface area (TPSA) is 190 Å². The molecular weight excluding hydrogens is 829 g/mol. The Morgan fingerprint density at radius 3 is 2.03 bits per heavy atom. The highest BCUT2D eigenvalue weighted by molar-refractivity contribution is 5.96. The van der Waals surface area contributed by atoms with Crippen LogP contribution in [0.5, 0.6) is 5.75 Å². The van der Waals surface area contributed by atoms with Crippen molar-refractivity contribution in [3.05, 3.63) is 35.9 Å². The Balaban J connectivity index is 1.94. The van der Waals surface area contributed by atoms with Crippen molar-refractivity contribution < 1.29 is 66.5 Å². The van der Waals surface area contributed by atoms with Gasteiger partial charge < -0.3 is 58.0 Å². The second-order valence-corrected chi connectivity index (χ2v) is 19.0. The van der Waals surface area contributed by atoms with Gasteiger partial charge in [-0.2, -0.15) is 0 Å². The summed E-state index contributed by atoms with van der Waals surface area (Å²) in [5, 5.41) is 0. The molecule has 3 heterocycles. The van der Waals surface area contributed by atoms with Crippen molar-refractivity contribution in [3.8, 4) is 5.75 Å². The number of ether oxygens (including phenoxy) is 10. The summed E-state index contributed by atoms with van der Waals surface area (Å²) in [6, 6.07) is 6.72. The fraction of sp³-hybridized carbons (Fsp3) is 0.750. The predicted molar refractivity (Wildman–Crippen MR) is 238 cm³/mol. The monoisotopic (exact) mass is 905 g/mol. The minimum absolute atomic E-state index is 0.115. The summed E-state index contributed by atoms with van der Waals surface area (Å²) in [7, 11) is 6.88. The van der Waals surface area contributed by atoms with Gasteiger partial charge in [0.1, 0.15) is 17.5 Å². The molecule has 16 nitrogen and oxygen atoms in total. The Morgan fingerprint density at radius 2 is 1.47 bits per heavy atom. The zero-order valence-corrected chi connectivity index (χ0v) is 41.0. The molecule has 3 aliphatic heterocycles. The number of anilines is 1. The van der Waals surface area contributed by atoms with E-state index in [0.717, 1.165) is 0 Å². The lowest BCUT2D eigenvalue weighted by molar-refractivity contribution is -0.320. The number of rotatable bonds is 12. The number of esters is 3. The molecule has 0 aromatic heterocycles. The quantitative estimate of drug-likeness (QED) is 0.142. The number of carbonyl (C=O) groups is 4. The largest absolute Gasteiger partial charge is 0.477 e. The summed E-state index contributed by atoms with van der Waals surface area (Å²) in [6.45, 7) is 20.8. The zero-order chi connectivity index (χ0) is 48.1. The van der Waals surface area contributed by atoms with Gasteiger partial charge in [-0.05, 0) is 106 Å². The van der Waals surface area contributed by atoms with Crippen molar-refractivity contribution in [1.29, 1.82) is 0 Å². The molecule has 2 saturated heterocycles. The first-order chi connectivity index (χ1) is 29.8. The van der Waals surface area contributed by atoms with Crippen LogP contribution in [0.15, 0.2) is 35.9 Å². The Hall–Kier alpha value is -3.64. The third kappa shape index (κ3) is 12.2. The Bertz CT molecular complexity index is 1810. The first-order valence-corrected chi connectivity index (χ1v) is 22.5. The van der Waals surface area contributed by atoms with Gasteiger partial charge in [0.25, 0.3) is 0 Å². The first kappa shape index (κ1) is 53.0. The average Bonchev–Trinajstić information content (AvgIpc) is 3.22. The van der Waals surface area contributed by atoms with Crippen LogP contribution in [-0.4, -0.2) is 135 Å². The van der Waals surface area contributed by atoms with Crippen molar-refractivity contribution in [2.45, 2.75) is 187 Å². The molecule has 16 atom stereocenters. The maximum atomic E-state index is 14.9. The maximum absolute atomic E-state index is 14.9. The van der Waals surface area contributed by atoms with E-state index in [-0.39, 0.29) is 30.8 Å². The van der Waals surface area contributed by atoms with E-state index in [0.29, 0.717) is 29.9 Å². The van der Waals surface area contributed by atoms with Crippen LogP contribution in [0.4, 0.5) is 5.69 Å². The fourth-order valence-corrected chi connectivity index (χ4v) is 9.84. The van der Waals surface area contributed by atoms with Crippen LogP contribution in [-0.2, 0) is 61.8 Å². The number of benzene rings is 1. The molecule has 362 valence electrons. The van der Waals surface area contributed by atoms with E-state index in [1.165, 1.54) is 21.0 Å². The third-order valence-corrected chi connectivity index (χ3v) is 13.4. The summed E-state index contributed by atoms with van der Waals surface area (Å²) in [5.41, 5.74) is 3.45. The number of hydrogen-bond acceptors (Lipinski definition) is 16. The van der Waals surface area contributed by atoms with Crippen molar-refractivity contribution in [2.75, 3.05) is 34.0 Å². The molecular formula is C48H76N2O14. The predicted octanol–water partition coefficient (Wildman–Crippen LogP) is 6.20. The molecule has 1 aromatic carbocycles. The lowest BCUT2D eigenvalue weighted by Gasteiger charge is -2.50. The van der Waals surface area contributed by atoms with E-state index >= 15 is 0 Å². The van der Waals surface area contributed by atoms with Crippen LogP contribution in [0.1, 0.15) is 109 Å². The fourth-order valence-electron chi connectivity index (χ4n) is 9.84. The normalized spacial score (nSPS) is 40.1. The number of carbonyl (C=O) groups excluding carboxylic acids is 4. The number of nitrogen functional groups attached to an aromatic ring is 1. The van der Waals surface area contributed by atoms with Crippen LogP contribution in [0.3, 0.4) is 0 Å². The standard InChI is InChI=1S/C48H76N2O14/c1-17-37-46(10,64-36-21-19-18-20-34(36)49)23-26(2)39(53)27(3)24-47(11,55-15)42(63-45-41(59-32(8)51)35(50(13)14)22-28(4)57-45)29(5)40(30(6)44(54)61-37)62-38-25-48(12,56-16)43(31(7)58-38)60-33(9)52/h18-21,23,27-31,35,37-38,40-43,45H,17,22,24-25,49H2,1-16H3/b26-23+/t27-,28-,29+,30-,31+,35+,37?,38+,40?,41-,42-,43+,45+,46+,47-,48-/m1/s1. The smallest absolute Gasteiger partial charge is 0.311 e. The van der Waals surface area contributed by atoms with E-state index in [4.69, 9.17) is 53.1 Å². The summed E-state index contributed by atoms with van der Waals surface area (Å²) < 4.78 is 64.2. The summed E-state index contributed by atoms with van der Waals surface area (Å²) >= 11 is 0. The minimum Gasteiger partial charge on any atom is -0.477 e. The van der Waals surface area contributed by atoms with Crippen molar-refractivity contribution in [2.24, 2.45) is 17.8 Å². The molecule has 0 bridgehead atoms. The number of nitrogens with two attached hydrogens (primary N) is 1. The highest BCUT2D eigenvalue weighted by Crippen LogP contribution is 2.42. The molecule has 0 spiro atoms. The van der Waals surface area contributed by atoms with E-state index in [9.17, 15) is 19.2 Å². The van der Waals surface area contributed by atoms with Crippen molar-refractivity contribution in [3.63, 3.8) is 0 Å². The summed E-state index contributed by atoms with van der Waals surface area (Å²) in [5.74, 6) is -3.84. The first-order valence-electron chi connectivity index (χ1n) is 22.5. The van der Waals surface area contributed by atoms with E-state index in [1.54, 1.807) is 65.1 Å². The number of Topliss-reactive ketones (excluding diaryl/α,β-unsaturated/α-hetero) is 1. The number of likely N-dealkylation sites (N-methyl/N-ethyl adjacent to an activating group) is 1. The van der Waals surface area contributed by atoms with E-state index in [1.807, 2.05) is 60.5 Å². The molecule has 0 amide bonds. The number of allylic oxidation sites excluding steroid dienone is 1. The highest BCUT2D eigenvalue weighted by atomic mass is 16.7. The van der Waals surface area contributed by atoms with Gasteiger partial charge in [0.05, 0.1) is 47.7 Å². The molecule has 4 rings (SSSR count). The Morgan fingerprint density at radius 1 is 0.859 bits per heavy atom. The lowest BCUT2D eigenvalue weighted by atomic mass is 9.76. The van der Waals surface area contributed by atoms with Gasteiger partial charge >= 0.3 is 17.9 Å². The van der Waals surface area contributed by atoms with Gasteiger partial charge in [0.2, 0.25) is 0 Å². The second-order valence-electron chi connectivity index (χ2n) is 19.0. The van der Waals surface area contributed by atoms with Crippen LogP contribution >= 0.6 is 0 Å². The summed E-state index contributed by atoms with van der Waals surface area (Å²) in [6.07, 6.45) is -4.80. The van der Waals surface area contributed by atoms with Gasteiger partial charge in [-0.1, -0.05) is 32.9 Å². The SMILES string of the molecule is CCC1OC(=O)[C@H](C)C(O[C@H]2C[C@@](C)(OC)[C@@H](OC(C)=O)[C@H](C)O2)[C@H](C)[C@@H](O[C@@H]2O[C@H](C)C[C@H](N(C)C)[C@H]2OC(C)=O)[C@](C)(OC)C[C@@H](C)C(=O)/C(C)=C/[C@]1(C)Oc1ccccc1N. The Kier molecular flexibility index (Phi) is 18.0.